The fourth-order valence-electron chi connectivity index (χ4n) is 3.90. The van der Waals surface area contributed by atoms with Crippen molar-refractivity contribution in [2.24, 2.45) is 10.2 Å². The van der Waals surface area contributed by atoms with Crippen molar-refractivity contribution in [1.82, 2.24) is 9.55 Å². The fraction of sp³-hybridized carbons (Fsp3) is 0.0769. The van der Waals surface area contributed by atoms with Gasteiger partial charge in [0.2, 0.25) is 0 Å². The third-order valence-corrected chi connectivity index (χ3v) is 5.84. The number of alkyl halides is 3. The van der Waals surface area contributed by atoms with Gasteiger partial charge in [-0.05, 0) is 65.8 Å². The first-order chi connectivity index (χ1) is 17.8. The highest BCUT2D eigenvalue weighted by molar-refractivity contribution is 6.33. The van der Waals surface area contributed by atoms with E-state index in [1.807, 2.05) is 24.3 Å². The molecular formula is C26H17ClF3N5O2. The van der Waals surface area contributed by atoms with Gasteiger partial charge in [-0.2, -0.15) is 5.11 Å². The molecule has 1 aromatic heterocycles. The molecule has 7 nitrogen and oxygen atoms in total. The number of ether oxygens (including phenoxy) is 1. The first-order valence-corrected chi connectivity index (χ1v) is 11.3. The number of nitrogens with zero attached hydrogens (tertiary/aromatic N) is 4. The predicted molar refractivity (Wildman–Crippen MR) is 134 cm³/mol. The second-order valence-corrected chi connectivity index (χ2v) is 8.38. The van der Waals surface area contributed by atoms with Gasteiger partial charge >= 0.3 is 12.4 Å². The second-order valence-electron chi connectivity index (χ2n) is 7.97. The lowest BCUT2D eigenvalue weighted by Gasteiger charge is -2.10. The van der Waals surface area contributed by atoms with Crippen molar-refractivity contribution in [3.63, 3.8) is 0 Å². The number of amides is 2. The lowest BCUT2D eigenvalue weighted by Crippen LogP contribution is -2.28. The zero-order chi connectivity index (χ0) is 26.0. The van der Waals surface area contributed by atoms with Gasteiger partial charge in [-0.3, -0.25) is 4.57 Å². The van der Waals surface area contributed by atoms with Crippen molar-refractivity contribution < 1.29 is 22.7 Å². The molecule has 1 heterocycles. The van der Waals surface area contributed by atoms with Crippen molar-refractivity contribution in [3.05, 3.63) is 94.2 Å². The van der Waals surface area contributed by atoms with Crippen LogP contribution in [0.15, 0.2) is 89.0 Å². The molecular weight excluding hydrogens is 507 g/mol. The minimum absolute atomic E-state index is 0.293. The molecule has 0 fully saturated rings. The smallest absolute Gasteiger partial charge is 0.406 e. The Labute approximate surface area is 212 Å². The number of anilines is 1. The number of hydrogen-bond donors (Lipinski definition) is 1. The first-order valence-electron chi connectivity index (χ1n) is 11.0. The van der Waals surface area contributed by atoms with E-state index < -0.39 is 12.4 Å². The predicted octanol–water partition coefficient (Wildman–Crippen LogP) is 6.11. The molecule has 0 radical (unpaired) electrons. The number of azo groups is 1. The number of fused-ring (bicyclic) bond motifs is 3. The molecule has 0 saturated carbocycles. The molecule has 0 spiro atoms. The van der Waals surface area contributed by atoms with Crippen molar-refractivity contribution in [3.8, 4) is 11.4 Å². The highest BCUT2D eigenvalue weighted by Gasteiger charge is 2.31. The van der Waals surface area contributed by atoms with E-state index in [2.05, 4.69) is 25.3 Å². The molecule has 4 aromatic rings. The van der Waals surface area contributed by atoms with Gasteiger partial charge in [0.25, 0.3) is 0 Å². The van der Waals surface area contributed by atoms with Gasteiger partial charge in [0.15, 0.2) is 0 Å². The SMILES string of the molecule is O=C(N=NC=C1C=c2ccc3c(ncn3-c3ccc(OC(F)(F)F)cc3)c2=CC1)Nc1ccccc1Cl. The Hall–Kier alpha value is -4.44. The van der Waals surface area contributed by atoms with Crippen LogP contribution in [0.3, 0.4) is 0 Å². The summed E-state index contributed by atoms with van der Waals surface area (Å²) in [6, 6.07) is 15.6. The van der Waals surface area contributed by atoms with E-state index in [-0.39, 0.29) is 5.75 Å². The summed E-state index contributed by atoms with van der Waals surface area (Å²) < 4.78 is 43.0. The van der Waals surface area contributed by atoms with Crippen LogP contribution in [0.2, 0.25) is 5.02 Å². The molecule has 1 N–H and O–H groups in total. The Bertz CT molecular complexity index is 1680. The molecule has 0 saturated heterocycles. The van der Waals surface area contributed by atoms with Crippen LogP contribution in [-0.2, 0) is 0 Å². The molecule has 0 bridgehead atoms. The highest BCUT2D eigenvalue weighted by atomic mass is 35.5. The molecule has 0 atom stereocenters. The van der Waals surface area contributed by atoms with Crippen LogP contribution >= 0.6 is 11.6 Å². The average molecular weight is 524 g/mol. The van der Waals surface area contributed by atoms with Gasteiger partial charge in [0, 0.05) is 10.9 Å². The van der Waals surface area contributed by atoms with Crippen LogP contribution < -0.4 is 20.5 Å². The number of urea groups is 1. The summed E-state index contributed by atoms with van der Waals surface area (Å²) in [6.45, 7) is 0. The Morgan fingerprint density at radius 2 is 1.89 bits per heavy atom. The van der Waals surface area contributed by atoms with E-state index >= 15 is 0 Å². The Balaban J connectivity index is 1.35. The molecule has 3 aromatic carbocycles. The maximum absolute atomic E-state index is 12.4. The number of hydrogen-bond acceptors (Lipinski definition) is 4. The molecule has 0 unspecified atom stereocenters. The van der Waals surface area contributed by atoms with Gasteiger partial charge in [-0.25, -0.2) is 9.78 Å². The summed E-state index contributed by atoms with van der Waals surface area (Å²) in [6.07, 6.45) is 2.87. The van der Waals surface area contributed by atoms with E-state index in [4.69, 9.17) is 11.6 Å². The standard InChI is InChI=1S/C26H17ClF3N5O2/c27-21-3-1-2-4-22(21)33-25(36)34-32-14-16-5-11-20-17(13-16)6-12-23-24(20)31-15-35(23)18-7-9-19(10-8-18)37-26(28,29)30/h1-4,6-15H,5H2,(H,33,36). The van der Waals surface area contributed by atoms with E-state index in [9.17, 15) is 18.0 Å². The quantitative estimate of drug-likeness (QED) is 0.328. The minimum atomic E-state index is -4.74. The van der Waals surface area contributed by atoms with Crippen molar-refractivity contribution in [1.29, 1.82) is 0 Å². The molecule has 186 valence electrons. The van der Waals surface area contributed by atoms with Crippen LogP contribution in [0.5, 0.6) is 5.75 Å². The highest BCUT2D eigenvalue weighted by Crippen LogP contribution is 2.25. The van der Waals surface area contributed by atoms with E-state index in [1.165, 1.54) is 30.5 Å². The van der Waals surface area contributed by atoms with Gasteiger partial charge in [-0.15, -0.1) is 13.2 Å². The number of para-hydroxylation sites is 1. The maximum atomic E-state index is 12.4. The minimum Gasteiger partial charge on any atom is -0.406 e. The van der Waals surface area contributed by atoms with Crippen LogP contribution in [0.4, 0.5) is 23.7 Å². The van der Waals surface area contributed by atoms with Gasteiger partial charge in [0.1, 0.15) is 12.1 Å². The fourth-order valence-corrected chi connectivity index (χ4v) is 4.08. The number of halogens is 4. The number of aromatic nitrogens is 2. The molecule has 5 rings (SSSR count). The molecule has 0 aliphatic heterocycles. The number of rotatable bonds is 4. The summed E-state index contributed by atoms with van der Waals surface area (Å²) in [4.78, 5) is 16.5. The lowest BCUT2D eigenvalue weighted by atomic mass is 10.0. The molecule has 11 heteroatoms. The molecule has 37 heavy (non-hydrogen) atoms. The van der Waals surface area contributed by atoms with Crippen molar-refractivity contribution in [2.75, 3.05) is 5.32 Å². The van der Waals surface area contributed by atoms with Crippen LogP contribution in [-0.4, -0.2) is 21.9 Å². The van der Waals surface area contributed by atoms with Gasteiger partial charge < -0.3 is 10.1 Å². The number of imidazole rings is 1. The Morgan fingerprint density at radius 3 is 2.65 bits per heavy atom. The van der Waals surface area contributed by atoms with Crippen molar-refractivity contribution in [2.45, 2.75) is 12.8 Å². The van der Waals surface area contributed by atoms with Crippen molar-refractivity contribution >= 4 is 46.5 Å². The Morgan fingerprint density at radius 1 is 1.11 bits per heavy atom. The van der Waals surface area contributed by atoms with E-state index in [1.54, 1.807) is 35.2 Å². The third kappa shape index (κ3) is 5.54. The number of allylic oxidation sites excluding steroid dienone is 1. The number of nitrogens with one attached hydrogen (secondary N) is 1. The lowest BCUT2D eigenvalue weighted by molar-refractivity contribution is -0.274. The summed E-state index contributed by atoms with van der Waals surface area (Å²) in [5.41, 5.74) is 3.50. The van der Waals surface area contributed by atoms with Crippen LogP contribution in [0.25, 0.3) is 28.9 Å². The second kappa shape index (κ2) is 9.90. The van der Waals surface area contributed by atoms with Crippen LogP contribution in [0, 0.1) is 0 Å². The van der Waals surface area contributed by atoms with Crippen LogP contribution in [0.1, 0.15) is 6.42 Å². The zero-order valence-corrected chi connectivity index (χ0v) is 19.7. The number of carbonyl (C=O) groups is 1. The normalized spacial score (nSPS) is 14.3. The summed E-state index contributed by atoms with van der Waals surface area (Å²) in [5.74, 6) is -0.293. The van der Waals surface area contributed by atoms with Gasteiger partial charge in [0.05, 0.1) is 27.9 Å². The average Bonchev–Trinajstić information content (AvgIpc) is 3.29. The third-order valence-electron chi connectivity index (χ3n) is 5.51. The summed E-state index contributed by atoms with van der Waals surface area (Å²) in [7, 11) is 0. The zero-order valence-electron chi connectivity index (χ0n) is 18.9. The topological polar surface area (TPSA) is 80.9 Å². The molecule has 1 aliphatic rings. The summed E-state index contributed by atoms with van der Waals surface area (Å²) in [5, 5.41) is 12.3. The maximum Gasteiger partial charge on any atom is 0.573 e. The van der Waals surface area contributed by atoms with E-state index in [0.717, 1.165) is 27.0 Å². The molecule has 2 amide bonds. The monoisotopic (exact) mass is 523 g/mol. The number of benzene rings is 3. The van der Waals surface area contributed by atoms with E-state index in [0.29, 0.717) is 22.8 Å². The summed E-state index contributed by atoms with van der Waals surface area (Å²) >= 11 is 6.02. The Kier molecular flexibility index (Phi) is 6.49. The number of carbonyl (C=O) groups excluding carboxylic acids is 1. The largest absolute Gasteiger partial charge is 0.573 e. The first kappa shape index (κ1) is 24.3. The molecule has 1 aliphatic carbocycles. The van der Waals surface area contributed by atoms with Gasteiger partial charge in [-0.1, -0.05) is 41.0 Å².